The molecule has 3 heterocycles. The van der Waals surface area contributed by atoms with Gasteiger partial charge in [-0.3, -0.25) is 4.57 Å². The zero-order chi connectivity index (χ0) is 23.9. The summed E-state index contributed by atoms with van der Waals surface area (Å²) in [6, 6.07) is 10.4. The van der Waals surface area contributed by atoms with Crippen molar-refractivity contribution in [2.75, 3.05) is 32.5 Å². The van der Waals surface area contributed by atoms with Gasteiger partial charge in [-0.15, -0.1) is 0 Å². The minimum atomic E-state index is -0.266. The number of hydrogen-bond donors (Lipinski definition) is 1. The maximum absolute atomic E-state index is 12.6. The molecule has 1 saturated heterocycles. The van der Waals surface area contributed by atoms with Gasteiger partial charge in [0.15, 0.2) is 17.0 Å². The number of fused-ring (bicyclic) bond motifs is 1. The zero-order valence-corrected chi connectivity index (χ0v) is 19.8. The summed E-state index contributed by atoms with van der Waals surface area (Å²) >= 11 is 0. The van der Waals surface area contributed by atoms with Gasteiger partial charge in [-0.25, -0.2) is 4.79 Å². The number of hydrogen-bond acceptors (Lipinski definition) is 8. The van der Waals surface area contributed by atoms with Gasteiger partial charge in [0, 0.05) is 19.6 Å². The van der Waals surface area contributed by atoms with E-state index in [-0.39, 0.29) is 24.5 Å². The molecule has 1 aromatic carbocycles. The van der Waals surface area contributed by atoms with Crippen LogP contribution >= 0.6 is 0 Å². The highest BCUT2D eigenvalue weighted by Gasteiger charge is 2.26. The first-order valence-electron chi connectivity index (χ1n) is 11.7. The van der Waals surface area contributed by atoms with Crippen LogP contribution in [0.15, 0.2) is 30.3 Å². The summed E-state index contributed by atoms with van der Waals surface area (Å²) in [5.74, 6) is 0.591. The van der Waals surface area contributed by atoms with Crippen LogP contribution in [0.2, 0.25) is 0 Å². The minimum absolute atomic E-state index is 0.237. The van der Waals surface area contributed by atoms with E-state index < -0.39 is 0 Å². The molecule has 0 spiro atoms. The van der Waals surface area contributed by atoms with Gasteiger partial charge in [0.25, 0.3) is 6.01 Å². The van der Waals surface area contributed by atoms with Gasteiger partial charge >= 0.3 is 12.1 Å². The number of rotatable bonds is 9. The molecule has 0 bridgehead atoms. The molecular formula is C24H32N6O4. The number of likely N-dealkylation sites (tertiary alicyclic amines) is 1. The average molecular weight is 469 g/mol. The average Bonchev–Trinajstić information content (AvgIpc) is 3.23. The van der Waals surface area contributed by atoms with Gasteiger partial charge < -0.3 is 24.8 Å². The Morgan fingerprint density at radius 2 is 2.03 bits per heavy atom. The number of imidazole rings is 1. The molecule has 0 saturated carbocycles. The fourth-order valence-electron chi connectivity index (χ4n) is 4.19. The first-order chi connectivity index (χ1) is 16.6. The molecular weight excluding hydrogens is 436 g/mol. The second-order valence-corrected chi connectivity index (χ2v) is 8.45. The summed E-state index contributed by atoms with van der Waals surface area (Å²) in [6.07, 6.45) is 3.39. The first kappa shape index (κ1) is 23.6. The maximum Gasteiger partial charge on any atom is 0.410 e. The Balaban J connectivity index is 1.40. The molecule has 1 fully saturated rings. The molecule has 4 rings (SSSR count). The molecule has 2 aromatic heterocycles. The van der Waals surface area contributed by atoms with E-state index in [0.717, 1.165) is 31.2 Å². The molecule has 182 valence electrons. The number of methoxy groups -OCH3 is 1. The fourth-order valence-corrected chi connectivity index (χ4v) is 4.19. The van der Waals surface area contributed by atoms with E-state index in [1.165, 1.54) is 0 Å². The van der Waals surface area contributed by atoms with Crippen molar-refractivity contribution in [1.29, 1.82) is 0 Å². The van der Waals surface area contributed by atoms with E-state index in [1.54, 1.807) is 12.0 Å². The van der Waals surface area contributed by atoms with Crippen LogP contribution in [-0.4, -0.2) is 57.3 Å². The lowest BCUT2D eigenvalue weighted by molar-refractivity contribution is 0.0773. The number of anilines is 1. The second-order valence-electron chi connectivity index (χ2n) is 8.45. The van der Waals surface area contributed by atoms with Crippen molar-refractivity contribution in [3.63, 3.8) is 0 Å². The second kappa shape index (κ2) is 11.0. The number of aromatic nitrogens is 4. The number of piperidine rings is 1. The van der Waals surface area contributed by atoms with Crippen molar-refractivity contribution < 1.29 is 19.0 Å². The third kappa shape index (κ3) is 5.49. The highest BCUT2D eigenvalue weighted by Crippen LogP contribution is 2.28. The number of nitrogen functional groups attached to an aromatic ring is 1. The van der Waals surface area contributed by atoms with Crippen LogP contribution in [0.25, 0.3) is 11.2 Å². The van der Waals surface area contributed by atoms with Crippen LogP contribution in [0.1, 0.15) is 38.2 Å². The van der Waals surface area contributed by atoms with E-state index in [0.29, 0.717) is 49.3 Å². The van der Waals surface area contributed by atoms with Crippen molar-refractivity contribution in [2.45, 2.75) is 45.8 Å². The third-order valence-corrected chi connectivity index (χ3v) is 5.93. The number of amides is 1. The number of ether oxygens (including phenoxy) is 3. The summed E-state index contributed by atoms with van der Waals surface area (Å²) in [6.45, 7) is 4.80. The molecule has 0 radical (unpaired) electrons. The Morgan fingerprint density at radius 3 is 2.79 bits per heavy atom. The van der Waals surface area contributed by atoms with Crippen molar-refractivity contribution in [1.82, 2.24) is 24.4 Å². The predicted molar refractivity (Wildman–Crippen MR) is 128 cm³/mol. The summed E-state index contributed by atoms with van der Waals surface area (Å²) in [5.41, 5.74) is 8.17. The van der Waals surface area contributed by atoms with Crippen molar-refractivity contribution in [3.8, 4) is 12.0 Å². The molecule has 0 aliphatic carbocycles. The van der Waals surface area contributed by atoms with Gasteiger partial charge in [-0.1, -0.05) is 37.3 Å². The lowest BCUT2D eigenvalue weighted by Gasteiger charge is -2.32. The highest BCUT2D eigenvalue weighted by molar-refractivity contribution is 5.83. The predicted octanol–water partition coefficient (Wildman–Crippen LogP) is 3.64. The lowest BCUT2D eigenvalue weighted by Crippen LogP contribution is -2.40. The number of benzene rings is 1. The van der Waals surface area contributed by atoms with Crippen LogP contribution in [-0.2, 0) is 17.9 Å². The monoisotopic (exact) mass is 468 g/mol. The Kier molecular flexibility index (Phi) is 7.66. The van der Waals surface area contributed by atoms with Crippen LogP contribution in [0.3, 0.4) is 0 Å². The normalized spacial score (nSPS) is 15.9. The number of nitrogens with zero attached hydrogens (tertiary/aromatic N) is 5. The Bertz CT molecular complexity index is 1100. The molecule has 1 unspecified atom stereocenters. The standard InChI is InChI=1S/C24H32N6O4/c1-3-14-33-22-27-20(25)19-21(28-22)30(23(26-19)32-2)13-11-17-10-7-12-29(15-17)24(31)34-16-18-8-5-4-6-9-18/h4-6,8-9,17H,3,7,10-16H2,1-2H3,(H2,25,27,28). The van der Waals surface area contributed by atoms with Crippen LogP contribution in [0.5, 0.6) is 12.0 Å². The van der Waals surface area contributed by atoms with Gasteiger partial charge in [0.2, 0.25) is 0 Å². The van der Waals surface area contributed by atoms with E-state index in [2.05, 4.69) is 15.0 Å². The third-order valence-electron chi connectivity index (χ3n) is 5.93. The molecule has 1 aliphatic rings. The molecule has 10 heteroatoms. The number of carbonyl (C=O) groups excluding carboxylic acids is 1. The topological polar surface area (TPSA) is 118 Å². The quantitative estimate of drug-likeness (QED) is 0.506. The van der Waals surface area contributed by atoms with Crippen molar-refractivity contribution in [3.05, 3.63) is 35.9 Å². The largest absolute Gasteiger partial charge is 0.468 e. The van der Waals surface area contributed by atoms with Crippen LogP contribution in [0, 0.1) is 5.92 Å². The lowest BCUT2D eigenvalue weighted by atomic mass is 9.95. The Labute approximate surface area is 199 Å². The van der Waals surface area contributed by atoms with Crippen LogP contribution in [0.4, 0.5) is 10.6 Å². The van der Waals surface area contributed by atoms with E-state index in [1.807, 2.05) is 41.8 Å². The zero-order valence-electron chi connectivity index (χ0n) is 19.8. The SMILES string of the molecule is CCCOc1nc(N)c2nc(OC)n(CCC3CCCN(C(=O)OCc4ccccc4)C3)c2n1. The molecule has 1 amide bonds. The number of aryl methyl sites for hydroxylation is 1. The molecule has 34 heavy (non-hydrogen) atoms. The number of nitrogens with two attached hydrogens (primary N) is 1. The Hall–Kier alpha value is -3.56. The molecule has 10 nitrogen and oxygen atoms in total. The fraction of sp³-hybridized carbons (Fsp3) is 0.500. The highest BCUT2D eigenvalue weighted by atomic mass is 16.6. The molecule has 1 atom stereocenters. The molecule has 3 aromatic rings. The van der Waals surface area contributed by atoms with Gasteiger partial charge in [-0.05, 0) is 37.2 Å². The number of carbonyl (C=O) groups is 1. The van der Waals surface area contributed by atoms with Crippen LogP contribution < -0.4 is 15.2 Å². The van der Waals surface area contributed by atoms with Crippen molar-refractivity contribution >= 4 is 23.1 Å². The molecule has 2 N–H and O–H groups in total. The minimum Gasteiger partial charge on any atom is -0.468 e. The summed E-state index contributed by atoms with van der Waals surface area (Å²) in [7, 11) is 1.57. The van der Waals surface area contributed by atoms with Gasteiger partial charge in [0.1, 0.15) is 6.61 Å². The van der Waals surface area contributed by atoms with E-state index in [4.69, 9.17) is 19.9 Å². The first-order valence-corrected chi connectivity index (χ1v) is 11.7. The smallest absolute Gasteiger partial charge is 0.410 e. The van der Waals surface area contributed by atoms with Crippen molar-refractivity contribution in [2.24, 2.45) is 5.92 Å². The van der Waals surface area contributed by atoms with E-state index >= 15 is 0 Å². The van der Waals surface area contributed by atoms with E-state index in [9.17, 15) is 4.79 Å². The maximum atomic E-state index is 12.6. The van der Waals surface area contributed by atoms with Gasteiger partial charge in [-0.2, -0.15) is 15.0 Å². The molecule has 1 aliphatic heterocycles. The summed E-state index contributed by atoms with van der Waals surface area (Å²) in [4.78, 5) is 27.6. The summed E-state index contributed by atoms with van der Waals surface area (Å²) in [5, 5.41) is 0. The van der Waals surface area contributed by atoms with Gasteiger partial charge in [0.05, 0.1) is 13.7 Å². The Morgan fingerprint density at radius 1 is 1.21 bits per heavy atom. The summed E-state index contributed by atoms with van der Waals surface area (Å²) < 4.78 is 18.5.